The van der Waals surface area contributed by atoms with Gasteiger partial charge in [-0.15, -0.1) is 0 Å². The average Bonchev–Trinajstić information content (AvgIpc) is 2.29. The van der Waals surface area contributed by atoms with E-state index in [1.54, 1.807) is 6.20 Å². The van der Waals surface area contributed by atoms with Gasteiger partial charge in [-0.2, -0.15) is 0 Å². The minimum atomic E-state index is -0.203. The highest BCUT2D eigenvalue weighted by atomic mass is 16.1. The number of nitrogens with zero attached hydrogens (tertiary/aromatic N) is 1. The molecule has 0 radical (unpaired) electrons. The minimum absolute atomic E-state index is 0.0136. The summed E-state index contributed by atoms with van der Waals surface area (Å²) in [5.74, 6) is -0.203. The Hall–Kier alpha value is -1.94. The second kappa shape index (κ2) is 4.06. The second-order valence-electron chi connectivity index (χ2n) is 3.16. The van der Waals surface area contributed by atoms with E-state index in [2.05, 4.69) is 10.3 Å². The summed E-state index contributed by atoms with van der Waals surface area (Å²) in [5.41, 5.74) is 6.78. The zero-order valence-electron chi connectivity index (χ0n) is 8.10. The molecule has 0 spiro atoms. The third-order valence-electron chi connectivity index (χ3n) is 2.08. The molecule has 4 nitrogen and oxygen atoms in total. The largest absolute Gasteiger partial charge is 0.325 e. The number of anilines is 1. The van der Waals surface area contributed by atoms with Gasteiger partial charge in [0, 0.05) is 17.3 Å². The van der Waals surface area contributed by atoms with E-state index in [4.69, 9.17) is 5.73 Å². The van der Waals surface area contributed by atoms with Crippen molar-refractivity contribution < 1.29 is 4.79 Å². The van der Waals surface area contributed by atoms with Crippen molar-refractivity contribution in [1.29, 1.82) is 0 Å². The average molecular weight is 201 g/mol. The number of amides is 1. The van der Waals surface area contributed by atoms with E-state index in [1.165, 1.54) is 0 Å². The topological polar surface area (TPSA) is 68.0 Å². The summed E-state index contributed by atoms with van der Waals surface area (Å²) in [6.07, 6.45) is 1.72. The minimum Gasteiger partial charge on any atom is -0.325 e. The molecule has 3 N–H and O–H groups in total. The van der Waals surface area contributed by atoms with E-state index in [0.29, 0.717) is 0 Å². The first-order valence-corrected chi connectivity index (χ1v) is 4.64. The van der Waals surface area contributed by atoms with E-state index in [9.17, 15) is 4.79 Å². The first-order valence-electron chi connectivity index (χ1n) is 4.64. The molecule has 0 saturated heterocycles. The van der Waals surface area contributed by atoms with Crippen molar-refractivity contribution in [3.05, 3.63) is 36.5 Å². The number of hydrogen-bond donors (Lipinski definition) is 2. The van der Waals surface area contributed by atoms with Gasteiger partial charge >= 0.3 is 0 Å². The highest BCUT2D eigenvalue weighted by molar-refractivity contribution is 5.94. The number of nitrogens with one attached hydrogen (secondary N) is 1. The quantitative estimate of drug-likeness (QED) is 0.765. The van der Waals surface area contributed by atoms with Gasteiger partial charge in [-0.1, -0.05) is 12.1 Å². The Labute approximate surface area is 87.1 Å². The van der Waals surface area contributed by atoms with Crippen LogP contribution in [0.15, 0.2) is 36.5 Å². The van der Waals surface area contributed by atoms with Crippen LogP contribution in [0.3, 0.4) is 0 Å². The summed E-state index contributed by atoms with van der Waals surface area (Å²) in [4.78, 5) is 15.3. The lowest BCUT2D eigenvalue weighted by molar-refractivity contribution is -0.114. The molecule has 1 heterocycles. The van der Waals surface area contributed by atoms with E-state index in [1.807, 2.05) is 30.3 Å². The van der Waals surface area contributed by atoms with Crippen LogP contribution in [-0.2, 0) is 4.79 Å². The van der Waals surface area contributed by atoms with Gasteiger partial charge in [0.1, 0.15) is 0 Å². The van der Waals surface area contributed by atoms with Gasteiger partial charge in [-0.05, 0) is 18.2 Å². The monoisotopic (exact) mass is 201 g/mol. The van der Waals surface area contributed by atoms with Crippen molar-refractivity contribution in [2.75, 3.05) is 11.9 Å². The zero-order chi connectivity index (χ0) is 10.7. The molecule has 2 rings (SSSR count). The Bertz CT molecular complexity index is 496. The molecule has 15 heavy (non-hydrogen) atoms. The highest BCUT2D eigenvalue weighted by Gasteiger charge is 2.00. The van der Waals surface area contributed by atoms with Crippen LogP contribution < -0.4 is 11.1 Å². The fraction of sp³-hybridized carbons (Fsp3) is 0.0909. The van der Waals surface area contributed by atoms with Gasteiger partial charge in [0.05, 0.1) is 12.1 Å². The fourth-order valence-corrected chi connectivity index (χ4v) is 1.36. The number of rotatable bonds is 2. The van der Waals surface area contributed by atoms with Crippen LogP contribution in [0.5, 0.6) is 0 Å². The van der Waals surface area contributed by atoms with Crippen LogP contribution in [0.2, 0.25) is 0 Å². The molecule has 1 amide bonds. The number of carbonyl (C=O) groups excluding carboxylic acids is 1. The highest BCUT2D eigenvalue weighted by Crippen LogP contribution is 2.16. The third-order valence-corrected chi connectivity index (χ3v) is 2.08. The van der Waals surface area contributed by atoms with Gasteiger partial charge in [0.25, 0.3) is 0 Å². The first kappa shape index (κ1) is 9.61. The molecule has 0 saturated carbocycles. The van der Waals surface area contributed by atoms with Crippen molar-refractivity contribution in [2.24, 2.45) is 5.73 Å². The molecule has 1 aromatic heterocycles. The summed E-state index contributed by atoms with van der Waals surface area (Å²) in [7, 11) is 0. The first-order chi connectivity index (χ1) is 7.29. The summed E-state index contributed by atoms with van der Waals surface area (Å²) in [6.45, 7) is -0.0136. The lowest BCUT2D eigenvalue weighted by Gasteiger charge is -2.04. The number of nitrogens with two attached hydrogens (primary N) is 1. The maximum absolute atomic E-state index is 11.1. The van der Waals surface area contributed by atoms with E-state index < -0.39 is 0 Å². The van der Waals surface area contributed by atoms with Crippen LogP contribution in [0.1, 0.15) is 0 Å². The number of hydrogen-bond acceptors (Lipinski definition) is 3. The second-order valence-corrected chi connectivity index (χ2v) is 3.16. The predicted octanol–water partition coefficient (Wildman–Crippen LogP) is 1.13. The Morgan fingerprint density at radius 1 is 1.40 bits per heavy atom. The molecule has 0 aliphatic carbocycles. The van der Waals surface area contributed by atoms with E-state index in [0.717, 1.165) is 16.6 Å². The molecule has 0 unspecified atom stereocenters. The Morgan fingerprint density at radius 2 is 2.27 bits per heavy atom. The van der Waals surface area contributed by atoms with Crippen LogP contribution in [0, 0.1) is 0 Å². The Morgan fingerprint density at radius 3 is 3.07 bits per heavy atom. The number of fused-ring (bicyclic) bond motifs is 1. The molecule has 0 aliphatic heterocycles. The summed E-state index contributed by atoms with van der Waals surface area (Å²) in [5, 5.41) is 3.72. The molecule has 0 aliphatic rings. The maximum atomic E-state index is 11.1. The van der Waals surface area contributed by atoms with Crippen LogP contribution in [-0.4, -0.2) is 17.4 Å². The number of carbonyl (C=O) groups is 1. The van der Waals surface area contributed by atoms with Gasteiger partial charge in [0.2, 0.25) is 5.91 Å². The van der Waals surface area contributed by atoms with Crippen LogP contribution in [0.25, 0.3) is 10.9 Å². The molecule has 4 heteroatoms. The maximum Gasteiger partial charge on any atom is 0.238 e. The van der Waals surface area contributed by atoms with Crippen LogP contribution in [0.4, 0.5) is 5.69 Å². The summed E-state index contributed by atoms with van der Waals surface area (Å²) in [6, 6.07) is 9.41. The molecule has 0 bridgehead atoms. The molecular weight excluding hydrogens is 190 g/mol. The normalized spacial score (nSPS) is 10.2. The number of aromatic nitrogens is 1. The number of pyridine rings is 1. The van der Waals surface area contributed by atoms with E-state index in [-0.39, 0.29) is 12.5 Å². The molecule has 76 valence electrons. The van der Waals surface area contributed by atoms with Gasteiger partial charge < -0.3 is 11.1 Å². The predicted molar refractivity (Wildman–Crippen MR) is 59.4 cm³/mol. The van der Waals surface area contributed by atoms with Gasteiger partial charge in [-0.25, -0.2) is 0 Å². The third kappa shape index (κ3) is 2.11. The SMILES string of the molecule is NCC(=O)Nc1ccc2cccnc2c1. The molecule has 1 aromatic carbocycles. The van der Waals surface area contributed by atoms with Crippen molar-refractivity contribution in [3.63, 3.8) is 0 Å². The Balaban J connectivity index is 2.34. The summed E-state index contributed by atoms with van der Waals surface area (Å²) < 4.78 is 0. The number of benzene rings is 1. The van der Waals surface area contributed by atoms with E-state index >= 15 is 0 Å². The smallest absolute Gasteiger partial charge is 0.238 e. The molecule has 0 fully saturated rings. The fourth-order valence-electron chi connectivity index (χ4n) is 1.36. The Kier molecular flexibility index (Phi) is 2.60. The standard InChI is InChI=1S/C11H11N3O/c12-7-11(15)14-9-4-3-8-2-1-5-13-10(8)6-9/h1-6H,7,12H2,(H,14,15). The van der Waals surface area contributed by atoms with Gasteiger partial charge in [-0.3, -0.25) is 9.78 Å². The van der Waals surface area contributed by atoms with Crippen LogP contribution >= 0.6 is 0 Å². The summed E-state index contributed by atoms with van der Waals surface area (Å²) >= 11 is 0. The molecular formula is C11H11N3O. The molecule has 0 atom stereocenters. The van der Waals surface area contributed by atoms with Crippen molar-refractivity contribution in [3.8, 4) is 0 Å². The van der Waals surface area contributed by atoms with Crippen molar-refractivity contribution in [1.82, 2.24) is 4.98 Å². The lowest BCUT2D eigenvalue weighted by atomic mass is 10.2. The lowest BCUT2D eigenvalue weighted by Crippen LogP contribution is -2.21. The van der Waals surface area contributed by atoms with Gasteiger partial charge in [0.15, 0.2) is 0 Å². The van der Waals surface area contributed by atoms with Crippen molar-refractivity contribution >= 4 is 22.5 Å². The molecule has 2 aromatic rings. The zero-order valence-corrected chi connectivity index (χ0v) is 8.10. The van der Waals surface area contributed by atoms with Crippen molar-refractivity contribution in [2.45, 2.75) is 0 Å².